The van der Waals surface area contributed by atoms with Gasteiger partial charge in [0, 0.05) is 18.7 Å². The molecule has 1 aliphatic rings. The van der Waals surface area contributed by atoms with E-state index >= 15 is 0 Å². The summed E-state index contributed by atoms with van der Waals surface area (Å²) in [4.78, 5) is 42.3. The van der Waals surface area contributed by atoms with Gasteiger partial charge in [-0.1, -0.05) is 18.2 Å². The third-order valence-corrected chi connectivity index (χ3v) is 4.73. The minimum atomic E-state index is -1.15. The maximum atomic E-state index is 12.3. The first-order valence-electron chi connectivity index (χ1n) is 9.51. The third-order valence-electron chi connectivity index (χ3n) is 4.73. The van der Waals surface area contributed by atoms with Crippen LogP contribution in [0.5, 0.6) is 0 Å². The predicted octanol–water partition coefficient (Wildman–Crippen LogP) is 2.81. The molecule has 8 heteroatoms. The highest BCUT2D eigenvalue weighted by atomic mass is 16.5. The molecule has 0 aliphatic carbocycles. The Labute approximate surface area is 168 Å². The zero-order valence-electron chi connectivity index (χ0n) is 16.1. The molecule has 2 heterocycles. The lowest BCUT2D eigenvalue weighted by atomic mass is 9.98. The molecule has 152 valence electrons. The van der Waals surface area contributed by atoms with Crippen molar-refractivity contribution in [2.45, 2.75) is 19.8 Å². The van der Waals surface area contributed by atoms with Gasteiger partial charge in [-0.05, 0) is 38.0 Å². The molecule has 1 aromatic carbocycles. The largest absolute Gasteiger partial charge is 0.478 e. The van der Waals surface area contributed by atoms with Crippen molar-refractivity contribution in [3.05, 3.63) is 53.7 Å². The smallest absolute Gasteiger partial charge is 0.339 e. The maximum absolute atomic E-state index is 12.3. The molecule has 1 aromatic heterocycles. The number of benzene rings is 1. The molecule has 8 nitrogen and oxygen atoms in total. The maximum Gasteiger partial charge on any atom is 0.339 e. The highest BCUT2D eigenvalue weighted by molar-refractivity contribution is 6.05. The molecular weight excluding hydrogens is 374 g/mol. The highest BCUT2D eigenvalue weighted by Gasteiger charge is 2.29. The number of anilines is 2. The second-order valence-corrected chi connectivity index (χ2v) is 6.76. The summed E-state index contributed by atoms with van der Waals surface area (Å²) in [6, 6.07) is 10.0. The molecule has 1 aliphatic heterocycles. The van der Waals surface area contributed by atoms with Crippen LogP contribution in [0.1, 0.15) is 40.5 Å². The van der Waals surface area contributed by atoms with Gasteiger partial charge in [-0.3, -0.25) is 9.59 Å². The van der Waals surface area contributed by atoms with E-state index in [0.29, 0.717) is 37.4 Å². The summed E-state index contributed by atoms with van der Waals surface area (Å²) in [6.45, 7) is 3.01. The number of carboxylic acids is 1. The summed E-state index contributed by atoms with van der Waals surface area (Å²) in [5, 5.41) is 12.3. The van der Waals surface area contributed by atoms with E-state index in [1.165, 1.54) is 12.3 Å². The third kappa shape index (κ3) is 4.90. The first kappa shape index (κ1) is 20.3. The molecular formula is C21H23N3O5. The van der Waals surface area contributed by atoms with Crippen molar-refractivity contribution in [2.24, 2.45) is 5.92 Å². The molecule has 1 saturated heterocycles. The van der Waals surface area contributed by atoms with Crippen molar-refractivity contribution in [3.63, 3.8) is 0 Å². The Kier molecular flexibility index (Phi) is 6.43. The van der Waals surface area contributed by atoms with E-state index in [1.807, 2.05) is 0 Å². The van der Waals surface area contributed by atoms with Gasteiger partial charge >= 0.3 is 11.9 Å². The molecule has 2 aromatic rings. The Bertz CT molecular complexity index is 900. The topological polar surface area (TPSA) is 109 Å². The summed E-state index contributed by atoms with van der Waals surface area (Å²) in [6.07, 6.45) is 2.86. The number of rotatable bonds is 6. The lowest BCUT2D eigenvalue weighted by molar-refractivity contribution is -0.148. The molecule has 1 fully saturated rings. The number of pyridine rings is 1. The van der Waals surface area contributed by atoms with E-state index in [1.54, 1.807) is 42.2 Å². The minimum absolute atomic E-state index is 0.0274. The number of ether oxygens (including phenoxy) is 1. The van der Waals surface area contributed by atoms with Crippen molar-refractivity contribution in [3.8, 4) is 0 Å². The van der Waals surface area contributed by atoms with Crippen LogP contribution in [0.25, 0.3) is 0 Å². The number of carbonyl (C=O) groups excluding carboxylic acids is 2. The van der Waals surface area contributed by atoms with Gasteiger partial charge in [0.1, 0.15) is 11.4 Å². The summed E-state index contributed by atoms with van der Waals surface area (Å²) in [7, 11) is 0. The van der Waals surface area contributed by atoms with E-state index < -0.39 is 5.97 Å². The van der Waals surface area contributed by atoms with Crippen molar-refractivity contribution < 1.29 is 24.2 Å². The number of carbonyl (C=O) groups is 3. The van der Waals surface area contributed by atoms with Crippen LogP contribution in [0.2, 0.25) is 0 Å². The molecule has 0 bridgehead atoms. The van der Waals surface area contributed by atoms with Gasteiger partial charge in [0.05, 0.1) is 24.4 Å². The summed E-state index contributed by atoms with van der Waals surface area (Å²) < 4.78 is 5.10. The van der Waals surface area contributed by atoms with Gasteiger partial charge in [-0.25, -0.2) is 9.78 Å². The van der Waals surface area contributed by atoms with Crippen LogP contribution in [0.4, 0.5) is 11.5 Å². The second kappa shape index (κ2) is 9.18. The number of aromatic carboxylic acids is 1. The molecule has 0 saturated carbocycles. The van der Waals surface area contributed by atoms with Crippen LogP contribution in [0.15, 0.2) is 42.6 Å². The number of esters is 1. The fraction of sp³-hybridized carbons (Fsp3) is 0.333. The molecule has 0 spiro atoms. The van der Waals surface area contributed by atoms with Crippen LogP contribution in [-0.2, 0) is 9.53 Å². The lowest BCUT2D eigenvalue weighted by Crippen LogP contribution is -2.40. The molecule has 29 heavy (non-hydrogen) atoms. The number of aromatic nitrogens is 1. The van der Waals surface area contributed by atoms with Gasteiger partial charge < -0.3 is 20.1 Å². The number of nitrogens with zero attached hydrogens (tertiary/aromatic N) is 2. The van der Waals surface area contributed by atoms with Crippen molar-refractivity contribution in [2.75, 3.05) is 29.9 Å². The number of hydrogen-bond donors (Lipinski definition) is 2. The summed E-state index contributed by atoms with van der Waals surface area (Å²) >= 11 is 0. The SMILES string of the molecule is CCOC(=O)[C@@H]1CCCN(c2ncc(NC(=O)c3ccccc3)cc2C(=O)O)C1. The molecule has 0 unspecified atom stereocenters. The standard InChI is InChI=1S/C21H23N3O5/c1-2-29-21(28)15-9-6-10-24(13-15)18-17(20(26)27)11-16(12-22-18)23-19(25)14-7-4-3-5-8-14/h3-5,7-8,11-12,15H,2,6,9-10,13H2,1H3,(H,23,25)(H,26,27)/t15-/m1/s1. The quantitative estimate of drug-likeness (QED) is 0.722. The average Bonchev–Trinajstić information content (AvgIpc) is 2.74. The second-order valence-electron chi connectivity index (χ2n) is 6.76. The van der Waals surface area contributed by atoms with Crippen molar-refractivity contribution in [1.82, 2.24) is 4.98 Å². The van der Waals surface area contributed by atoms with Gasteiger partial charge in [-0.15, -0.1) is 0 Å². The normalized spacial score (nSPS) is 16.2. The first-order chi connectivity index (χ1) is 14.0. The zero-order chi connectivity index (χ0) is 20.8. The van der Waals surface area contributed by atoms with Crippen LogP contribution in [0.3, 0.4) is 0 Å². The summed E-state index contributed by atoms with van der Waals surface area (Å²) in [5.74, 6) is -1.81. The van der Waals surface area contributed by atoms with E-state index in [4.69, 9.17) is 4.74 Å². The lowest BCUT2D eigenvalue weighted by Gasteiger charge is -2.33. The molecule has 3 rings (SSSR count). The van der Waals surface area contributed by atoms with E-state index in [-0.39, 0.29) is 29.2 Å². The van der Waals surface area contributed by atoms with Crippen LogP contribution >= 0.6 is 0 Å². The predicted molar refractivity (Wildman–Crippen MR) is 107 cm³/mol. The van der Waals surface area contributed by atoms with E-state index in [9.17, 15) is 19.5 Å². The van der Waals surface area contributed by atoms with E-state index in [2.05, 4.69) is 10.3 Å². The highest BCUT2D eigenvalue weighted by Crippen LogP contribution is 2.27. The summed E-state index contributed by atoms with van der Waals surface area (Å²) in [5.41, 5.74) is 0.723. The zero-order valence-corrected chi connectivity index (χ0v) is 16.1. The van der Waals surface area contributed by atoms with E-state index in [0.717, 1.165) is 6.42 Å². The Morgan fingerprint density at radius 3 is 2.72 bits per heavy atom. The fourth-order valence-electron chi connectivity index (χ4n) is 3.35. The Hall–Kier alpha value is -3.42. The number of piperidine rings is 1. The number of hydrogen-bond acceptors (Lipinski definition) is 6. The van der Waals surface area contributed by atoms with Gasteiger partial charge in [0.25, 0.3) is 5.91 Å². The Balaban J connectivity index is 1.80. The Morgan fingerprint density at radius 2 is 2.03 bits per heavy atom. The monoisotopic (exact) mass is 397 g/mol. The van der Waals surface area contributed by atoms with Gasteiger partial charge in [-0.2, -0.15) is 0 Å². The molecule has 0 radical (unpaired) electrons. The molecule has 2 N–H and O–H groups in total. The first-order valence-corrected chi connectivity index (χ1v) is 9.51. The van der Waals surface area contributed by atoms with Crippen LogP contribution in [0, 0.1) is 5.92 Å². The number of nitrogens with one attached hydrogen (secondary N) is 1. The minimum Gasteiger partial charge on any atom is -0.478 e. The van der Waals surface area contributed by atoms with Gasteiger partial charge in [0.2, 0.25) is 0 Å². The van der Waals surface area contributed by atoms with Crippen LogP contribution < -0.4 is 10.2 Å². The number of amides is 1. The van der Waals surface area contributed by atoms with Crippen molar-refractivity contribution >= 4 is 29.4 Å². The average molecular weight is 397 g/mol. The van der Waals surface area contributed by atoms with Crippen LogP contribution in [-0.4, -0.2) is 47.6 Å². The fourth-order valence-corrected chi connectivity index (χ4v) is 3.35. The molecule has 1 amide bonds. The Morgan fingerprint density at radius 1 is 1.28 bits per heavy atom. The molecule has 1 atom stereocenters. The van der Waals surface area contributed by atoms with Crippen molar-refractivity contribution in [1.29, 1.82) is 0 Å². The van der Waals surface area contributed by atoms with Gasteiger partial charge in [0.15, 0.2) is 0 Å². The number of carboxylic acid groups (broad SMARTS) is 1.